The van der Waals surface area contributed by atoms with E-state index in [0.717, 1.165) is 23.5 Å². The molecular weight excluding hydrogens is 258 g/mol. The second kappa shape index (κ2) is 6.13. The second-order valence-electron chi connectivity index (χ2n) is 5.27. The predicted molar refractivity (Wildman–Crippen MR) is 75.0 cm³/mol. The van der Waals surface area contributed by atoms with Gasteiger partial charge in [-0.15, -0.1) is 0 Å². The van der Waals surface area contributed by atoms with Crippen molar-refractivity contribution in [2.45, 2.75) is 32.4 Å². The maximum Gasteiger partial charge on any atom is 0.325 e. The lowest BCUT2D eigenvalue weighted by Gasteiger charge is -2.24. The first kappa shape index (κ1) is 14.7. The summed E-state index contributed by atoms with van der Waals surface area (Å²) in [6.45, 7) is 5.40. The van der Waals surface area contributed by atoms with Gasteiger partial charge in [0.15, 0.2) is 11.5 Å². The van der Waals surface area contributed by atoms with Crippen LogP contribution in [0.2, 0.25) is 0 Å². The van der Waals surface area contributed by atoms with Crippen molar-refractivity contribution >= 4 is 5.97 Å². The zero-order chi connectivity index (χ0) is 14.6. The molecule has 1 aliphatic heterocycles. The average molecular weight is 279 g/mol. The lowest BCUT2D eigenvalue weighted by atomic mass is 10.1. The Balaban J connectivity index is 2.12. The van der Waals surface area contributed by atoms with Gasteiger partial charge in [-0.25, -0.2) is 0 Å². The maximum atomic E-state index is 11.7. The van der Waals surface area contributed by atoms with E-state index in [0.29, 0.717) is 19.8 Å². The number of benzene rings is 1. The van der Waals surface area contributed by atoms with Gasteiger partial charge in [-0.1, -0.05) is 12.1 Å². The molecule has 20 heavy (non-hydrogen) atoms. The van der Waals surface area contributed by atoms with Crippen molar-refractivity contribution in [3.05, 3.63) is 23.8 Å². The van der Waals surface area contributed by atoms with Gasteiger partial charge >= 0.3 is 5.97 Å². The molecule has 1 N–H and O–H groups in total. The number of hydrogen-bond acceptors (Lipinski definition) is 5. The third-order valence-corrected chi connectivity index (χ3v) is 3.27. The first-order chi connectivity index (χ1) is 9.54. The molecule has 1 aromatic carbocycles. The summed E-state index contributed by atoms with van der Waals surface area (Å²) in [5, 5.41) is 3.19. The summed E-state index contributed by atoms with van der Waals surface area (Å²) in [4.78, 5) is 11.7. The van der Waals surface area contributed by atoms with Gasteiger partial charge in [-0.2, -0.15) is 0 Å². The number of fused-ring (bicyclic) bond motifs is 1. The Kier molecular flexibility index (Phi) is 4.49. The summed E-state index contributed by atoms with van der Waals surface area (Å²) >= 11 is 0. The van der Waals surface area contributed by atoms with E-state index in [1.165, 1.54) is 7.11 Å². The number of ether oxygens (including phenoxy) is 3. The van der Waals surface area contributed by atoms with Crippen LogP contribution < -0.4 is 14.8 Å². The Morgan fingerprint density at radius 1 is 1.35 bits per heavy atom. The number of carbonyl (C=O) groups excluding carboxylic acids is 1. The van der Waals surface area contributed by atoms with Crippen LogP contribution in [0, 0.1) is 0 Å². The van der Waals surface area contributed by atoms with E-state index in [1.807, 2.05) is 18.2 Å². The van der Waals surface area contributed by atoms with Crippen LogP contribution in [0.25, 0.3) is 0 Å². The lowest BCUT2D eigenvalue weighted by molar-refractivity contribution is -0.147. The van der Waals surface area contributed by atoms with Crippen molar-refractivity contribution in [3.8, 4) is 11.5 Å². The van der Waals surface area contributed by atoms with E-state index in [-0.39, 0.29) is 5.97 Å². The van der Waals surface area contributed by atoms with Crippen molar-refractivity contribution < 1.29 is 19.0 Å². The Morgan fingerprint density at radius 3 is 2.85 bits per heavy atom. The van der Waals surface area contributed by atoms with Gasteiger partial charge in [0.25, 0.3) is 0 Å². The molecule has 0 saturated heterocycles. The molecule has 0 radical (unpaired) electrons. The van der Waals surface area contributed by atoms with Gasteiger partial charge in [0.1, 0.15) is 5.54 Å². The molecule has 0 fully saturated rings. The van der Waals surface area contributed by atoms with Crippen LogP contribution in [-0.4, -0.2) is 31.8 Å². The normalized spacial score (nSPS) is 14.6. The van der Waals surface area contributed by atoms with Gasteiger partial charge in [-0.05, 0) is 19.9 Å². The zero-order valence-electron chi connectivity index (χ0n) is 12.2. The van der Waals surface area contributed by atoms with Crippen LogP contribution >= 0.6 is 0 Å². The fourth-order valence-electron chi connectivity index (χ4n) is 2.04. The summed E-state index contributed by atoms with van der Waals surface area (Å²) in [5.74, 6) is 1.23. The zero-order valence-corrected chi connectivity index (χ0v) is 12.2. The van der Waals surface area contributed by atoms with Crippen molar-refractivity contribution in [2.75, 3.05) is 20.3 Å². The Bertz CT molecular complexity index is 485. The van der Waals surface area contributed by atoms with Crippen molar-refractivity contribution in [2.24, 2.45) is 0 Å². The number of carbonyl (C=O) groups is 1. The Morgan fingerprint density at radius 2 is 2.10 bits per heavy atom. The van der Waals surface area contributed by atoms with Gasteiger partial charge < -0.3 is 14.2 Å². The van der Waals surface area contributed by atoms with Crippen molar-refractivity contribution in [3.63, 3.8) is 0 Å². The standard InChI is InChI=1S/C15H21NO4/c1-15(2,14(17)18-3)16-10-11-6-4-7-12-13(11)20-9-5-8-19-12/h4,6-7,16H,5,8-10H2,1-3H3. The highest BCUT2D eigenvalue weighted by atomic mass is 16.5. The molecule has 0 spiro atoms. The van der Waals surface area contributed by atoms with Crippen LogP contribution in [0.5, 0.6) is 11.5 Å². The number of esters is 1. The molecular formula is C15H21NO4. The highest BCUT2D eigenvalue weighted by Gasteiger charge is 2.28. The summed E-state index contributed by atoms with van der Waals surface area (Å²) in [7, 11) is 1.39. The third kappa shape index (κ3) is 3.22. The van der Waals surface area contributed by atoms with Gasteiger partial charge in [-0.3, -0.25) is 10.1 Å². The topological polar surface area (TPSA) is 56.8 Å². The first-order valence-corrected chi connectivity index (χ1v) is 6.75. The molecule has 1 aliphatic rings. The second-order valence-corrected chi connectivity index (χ2v) is 5.27. The molecule has 0 aliphatic carbocycles. The largest absolute Gasteiger partial charge is 0.490 e. The van der Waals surface area contributed by atoms with Gasteiger partial charge in [0, 0.05) is 18.5 Å². The molecule has 110 valence electrons. The van der Waals surface area contributed by atoms with E-state index in [1.54, 1.807) is 13.8 Å². The molecule has 2 rings (SSSR count). The van der Waals surface area contributed by atoms with Crippen molar-refractivity contribution in [1.82, 2.24) is 5.32 Å². The van der Waals surface area contributed by atoms with Crippen molar-refractivity contribution in [1.29, 1.82) is 0 Å². The van der Waals surface area contributed by atoms with Gasteiger partial charge in [0.05, 0.1) is 20.3 Å². The minimum atomic E-state index is -0.747. The fourth-order valence-corrected chi connectivity index (χ4v) is 2.04. The van der Waals surface area contributed by atoms with E-state index in [9.17, 15) is 4.79 Å². The van der Waals surface area contributed by atoms with Gasteiger partial charge in [0.2, 0.25) is 0 Å². The number of methoxy groups -OCH3 is 1. The van der Waals surface area contributed by atoms with E-state index in [4.69, 9.17) is 14.2 Å². The first-order valence-electron chi connectivity index (χ1n) is 6.75. The van der Waals surface area contributed by atoms with Crippen LogP contribution in [0.1, 0.15) is 25.8 Å². The third-order valence-electron chi connectivity index (χ3n) is 3.27. The minimum absolute atomic E-state index is 0.295. The molecule has 0 amide bonds. The molecule has 5 heteroatoms. The van der Waals surface area contributed by atoms with Crippen LogP contribution in [0.3, 0.4) is 0 Å². The highest BCUT2D eigenvalue weighted by Crippen LogP contribution is 2.33. The monoisotopic (exact) mass is 279 g/mol. The quantitative estimate of drug-likeness (QED) is 0.853. The predicted octanol–water partition coefficient (Wildman–Crippen LogP) is 1.89. The van der Waals surface area contributed by atoms with E-state index in [2.05, 4.69) is 5.32 Å². The minimum Gasteiger partial charge on any atom is -0.490 e. The fraction of sp³-hybridized carbons (Fsp3) is 0.533. The highest BCUT2D eigenvalue weighted by molar-refractivity contribution is 5.79. The molecule has 1 heterocycles. The number of nitrogens with one attached hydrogen (secondary N) is 1. The van der Waals surface area contributed by atoms with E-state index >= 15 is 0 Å². The number of hydrogen-bond donors (Lipinski definition) is 1. The molecule has 0 bridgehead atoms. The molecule has 0 unspecified atom stereocenters. The SMILES string of the molecule is COC(=O)C(C)(C)NCc1cccc2c1OCCCO2. The van der Waals surface area contributed by atoms with Crippen LogP contribution in [0.4, 0.5) is 0 Å². The average Bonchev–Trinajstić information content (AvgIpc) is 2.69. The molecule has 0 aromatic heterocycles. The Labute approximate surface area is 119 Å². The molecule has 5 nitrogen and oxygen atoms in total. The smallest absolute Gasteiger partial charge is 0.325 e. The summed E-state index contributed by atoms with van der Waals surface area (Å²) < 4.78 is 16.2. The Hall–Kier alpha value is -1.75. The lowest BCUT2D eigenvalue weighted by Crippen LogP contribution is -2.47. The number of rotatable bonds is 4. The molecule has 1 aromatic rings. The summed E-state index contributed by atoms with van der Waals surface area (Å²) in [6, 6.07) is 5.79. The maximum absolute atomic E-state index is 11.7. The van der Waals surface area contributed by atoms with E-state index < -0.39 is 5.54 Å². The summed E-state index contributed by atoms with van der Waals surface area (Å²) in [5.41, 5.74) is 0.227. The van der Waals surface area contributed by atoms with Crippen LogP contribution in [-0.2, 0) is 16.1 Å². The summed E-state index contributed by atoms with van der Waals surface area (Å²) in [6.07, 6.45) is 0.870. The van der Waals surface area contributed by atoms with Crippen LogP contribution in [0.15, 0.2) is 18.2 Å². The number of para-hydroxylation sites is 1. The molecule has 0 atom stereocenters. The molecule has 0 saturated carbocycles.